The first-order valence-corrected chi connectivity index (χ1v) is 3.87. The van der Waals surface area contributed by atoms with E-state index in [4.69, 9.17) is 10.8 Å². The van der Waals surface area contributed by atoms with Crippen LogP contribution in [0.2, 0.25) is 0 Å². The van der Waals surface area contributed by atoms with Crippen LogP contribution >= 0.6 is 12.2 Å². The lowest BCUT2D eigenvalue weighted by Crippen LogP contribution is -2.43. The maximum Gasteiger partial charge on any atom is 0.403 e. The number of thiocarbonyl (C=S) groups is 1. The Morgan fingerprint density at radius 3 is 2.29 bits per heavy atom. The van der Waals surface area contributed by atoms with Crippen molar-refractivity contribution in [2.75, 3.05) is 13.6 Å². The molecule has 0 saturated heterocycles. The molecular weight excluding hydrogens is 221 g/mol. The van der Waals surface area contributed by atoms with E-state index in [0.29, 0.717) is 0 Å². The summed E-state index contributed by atoms with van der Waals surface area (Å²) >= 11 is 4.39. The molecule has 3 N–H and O–H groups in total. The van der Waals surface area contributed by atoms with Gasteiger partial charge >= 0.3 is 12.1 Å². The number of carbonyl (C=O) groups is 1. The van der Waals surface area contributed by atoms with E-state index in [9.17, 15) is 18.0 Å². The van der Waals surface area contributed by atoms with Crippen molar-refractivity contribution in [3.63, 3.8) is 0 Å². The second kappa shape index (κ2) is 4.45. The van der Waals surface area contributed by atoms with Crippen LogP contribution < -0.4 is 5.73 Å². The predicted octanol–water partition coefficient (Wildman–Crippen LogP) is 0.425. The second-order valence-corrected chi connectivity index (χ2v) is 3.07. The lowest BCUT2D eigenvalue weighted by Gasteiger charge is -2.23. The molecule has 0 radical (unpaired) electrons. The number of carboxylic acid groups (broad SMARTS) is 1. The lowest BCUT2D eigenvalue weighted by atomic mass is 10.1. The summed E-state index contributed by atoms with van der Waals surface area (Å²) in [5.41, 5.74) is 5.02. The summed E-state index contributed by atoms with van der Waals surface area (Å²) in [6.45, 7) is -0.784. The first-order valence-electron chi connectivity index (χ1n) is 3.46. The topological polar surface area (TPSA) is 66.6 Å². The number of nitrogens with zero attached hydrogens (tertiary/aromatic N) is 1. The quantitative estimate of drug-likeness (QED) is 0.688. The molecule has 0 aliphatic heterocycles. The first-order chi connectivity index (χ1) is 6.16. The van der Waals surface area contributed by atoms with E-state index in [1.165, 1.54) is 7.05 Å². The van der Waals surface area contributed by atoms with Crippen LogP contribution in [0.3, 0.4) is 0 Å². The number of nitrogens with two attached hydrogens (primary N) is 1. The highest BCUT2D eigenvalue weighted by molar-refractivity contribution is 7.80. The van der Waals surface area contributed by atoms with Gasteiger partial charge in [0, 0.05) is 13.6 Å². The van der Waals surface area contributed by atoms with Crippen LogP contribution in [0.15, 0.2) is 0 Å². The third-order valence-corrected chi connectivity index (χ3v) is 1.84. The van der Waals surface area contributed by atoms with Crippen LogP contribution in [0, 0.1) is 5.92 Å². The average molecular weight is 230 g/mol. The largest absolute Gasteiger partial charge is 0.481 e. The van der Waals surface area contributed by atoms with Gasteiger partial charge in [-0.15, -0.1) is 0 Å². The smallest absolute Gasteiger partial charge is 0.403 e. The van der Waals surface area contributed by atoms with Crippen molar-refractivity contribution < 1.29 is 23.1 Å². The molecule has 1 unspecified atom stereocenters. The van der Waals surface area contributed by atoms with E-state index < -0.39 is 24.6 Å². The van der Waals surface area contributed by atoms with Gasteiger partial charge in [-0.25, -0.2) is 0 Å². The van der Waals surface area contributed by atoms with Gasteiger partial charge in [0.15, 0.2) is 11.0 Å². The molecule has 0 aliphatic carbocycles. The van der Waals surface area contributed by atoms with E-state index in [0.717, 1.165) is 4.90 Å². The fraction of sp³-hybridized carbons (Fsp3) is 0.667. The van der Waals surface area contributed by atoms with Crippen LogP contribution in [-0.2, 0) is 4.79 Å². The van der Waals surface area contributed by atoms with Gasteiger partial charge in [0.05, 0.1) is 0 Å². The Morgan fingerprint density at radius 2 is 2.07 bits per heavy atom. The van der Waals surface area contributed by atoms with Crippen molar-refractivity contribution in [1.82, 2.24) is 4.90 Å². The van der Waals surface area contributed by atoms with Crippen molar-refractivity contribution >= 4 is 23.3 Å². The Hall–Kier alpha value is -1.05. The monoisotopic (exact) mass is 230 g/mol. The Balaban J connectivity index is 4.55. The highest BCUT2D eigenvalue weighted by Crippen LogP contribution is 2.26. The van der Waals surface area contributed by atoms with Crippen LogP contribution in [0.5, 0.6) is 0 Å². The Bertz CT molecular complexity index is 244. The standard InChI is InChI=1S/C6H9F3N2O2S/c1-11(5(10)14)2-3(4(12)13)6(7,8)9/h3H,2H2,1H3,(H2,10,14)(H,12,13). The fourth-order valence-corrected chi connectivity index (χ4v) is 0.760. The molecule has 0 aromatic carbocycles. The minimum atomic E-state index is -4.80. The summed E-state index contributed by atoms with van der Waals surface area (Å²) in [5.74, 6) is -4.42. The van der Waals surface area contributed by atoms with Gasteiger partial charge in [-0.1, -0.05) is 0 Å². The Morgan fingerprint density at radius 1 is 1.64 bits per heavy atom. The van der Waals surface area contributed by atoms with Crippen molar-refractivity contribution in [3.05, 3.63) is 0 Å². The van der Waals surface area contributed by atoms with Gasteiger partial charge in [-0.2, -0.15) is 13.2 Å². The fourth-order valence-electron chi connectivity index (χ4n) is 0.685. The minimum absolute atomic E-state index is 0.277. The number of carboxylic acids is 1. The minimum Gasteiger partial charge on any atom is -0.481 e. The lowest BCUT2D eigenvalue weighted by molar-refractivity contribution is -0.194. The molecule has 1 atom stereocenters. The van der Waals surface area contributed by atoms with Crippen molar-refractivity contribution in [2.24, 2.45) is 11.7 Å². The van der Waals surface area contributed by atoms with Gasteiger partial charge in [0.2, 0.25) is 0 Å². The van der Waals surface area contributed by atoms with E-state index in [2.05, 4.69) is 12.2 Å². The third-order valence-electron chi connectivity index (χ3n) is 1.53. The molecule has 8 heteroatoms. The Labute approximate surface area is 83.5 Å². The van der Waals surface area contributed by atoms with Crippen LogP contribution in [0.1, 0.15) is 0 Å². The molecule has 0 heterocycles. The molecular formula is C6H9F3N2O2S. The zero-order valence-electron chi connectivity index (χ0n) is 7.21. The van der Waals surface area contributed by atoms with Crippen LogP contribution in [0.4, 0.5) is 13.2 Å². The highest BCUT2D eigenvalue weighted by atomic mass is 32.1. The molecule has 0 bridgehead atoms. The number of alkyl halides is 3. The first kappa shape index (κ1) is 12.9. The predicted molar refractivity (Wildman–Crippen MR) is 46.6 cm³/mol. The molecule has 0 aromatic rings. The maximum atomic E-state index is 12.1. The van der Waals surface area contributed by atoms with Gasteiger partial charge in [-0.05, 0) is 12.2 Å². The molecule has 0 amide bonds. The second-order valence-electron chi connectivity index (χ2n) is 2.65. The number of aliphatic carboxylic acids is 1. The summed E-state index contributed by atoms with van der Waals surface area (Å²) < 4.78 is 36.3. The van der Waals surface area contributed by atoms with E-state index in [1.807, 2.05) is 0 Å². The molecule has 0 aliphatic rings. The van der Waals surface area contributed by atoms with E-state index >= 15 is 0 Å². The number of rotatable bonds is 3. The number of hydrogen-bond acceptors (Lipinski definition) is 2. The molecule has 0 aromatic heterocycles. The summed E-state index contributed by atoms with van der Waals surface area (Å²) in [4.78, 5) is 11.1. The number of halogens is 3. The van der Waals surface area contributed by atoms with Crippen LogP contribution in [-0.4, -0.2) is 40.9 Å². The average Bonchev–Trinajstić information content (AvgIpc) is 1.96. The summed E-state index contributed by atoms with van der Waals surface area (Å²) in [5, 5.41) is 8.03. The van der Waals surface area contributed by atoms with Gasteiger partial charge in [0.1, 0.15) is 0 Å². The zero-order valence-corrected chi connectivity index (χ0v) is 8.02. The molecule has 0 spiro atoms. The molecule has 4 nitrogen and oxygen atoms in total. The van der Waals surface area contributed by atoms with Gasteiger partial charge in [-0.3, -0.25) is 4.79 Å². The van der Waals surface area contributed by atoms with E-state index in [-0.39, 0.29) is 5.11 Å². The molecule has 82 valence electrons. The molecule has 0 saturated carbocycles. The highest BCUT2D eigenvalue weighted by Gasteiger charge is 2.45. The molecule has 14 heavy (non-hydrogen) atoms. The zero-order chi connectivity index (χ0) is 11.5. The SMILES string of the molecule is CN(CC(C(=O)O)C(F)(F)F)C(N)=S. The number of hydrogen-bond donors (Lipinski definition) is 2. The third kappa shape index (κ3) is 3.77. The molecule has 0 fully saturated rings. The maximum absolute atomic E-state index is 12.1. The molecule has 0 rings (SSSR count). The van der Waals surface area contributed by atoms with Gasteiger partial charge in [0.25, 0.3) is 0 Å². The van der Waals surface area contributed by atoms with Crippen molar-refractivity contribution in [1.29, 1.82) is 0 Å². The summed E-state index contributed by atoms with van der Waals surface area (Å²) in [6, 6.07) is 0. The normalized spacial score (nSPS) is 13.4. The van der Waals surface area contributed by atoms with Crippen molar-refractivity contribution in [3.8, 4) is 0 Å². The summed E-state index contributed by atoms with van der Waals surface area (Å²) in [6.07, 6.45) is -4.80. The van der Waals surface area contributed by atoms with Crippen LogP contribution in [0.25, 0.3) is 0 Å². The summed E-state index contributed by atoms with van der Waals surface area (Å²) in [7, 11) is 1.20. The van der Waals surface area contributed by atoms with Crippen molar-refractivity contribution in [2.45, 2.75) is 6.18 Å². The Kier molecular flexibility index (Phi) is 4.11. The van der Waals surface area contributed by atoms with Gasteiger partial charge < -0.3 is 15.7 Å². The van der Waals surface area contributed by atoms with E-state index in [1.54, 1.807) is 0 Å².